The Bertz CT molecular complexity index is 1120. The number of hydrogen-bond acceptors (Lipinski definition) is 5. The predicted molar refractivity (Wildman–Crippen MR) is 120 cm³/mol. The molecule has 160 valence electrons. The van der Waals surface area contributed by atoms with E-state index in [0.29, 0.717) is 28.4 Å². The molecule has 0 aliphatic rings. The lowest BCUT2D eigenvalue weighted by molar-refractivity contribution is -0.118. The average Bonchev–Trinajstić information content (AvgIpc) is 3.02. The monoisotopic (exact) mass is 419 g/mol. The van der Waals surface area contributed by atoms with Crippen LogP contribution >= 0.6 is 0 Å². The maximum Gasteiger partial charge on any atom is 0.262 e. The minimum atomic E-state index is -0.273. The van der Waals surface area contributed by atoms with Gasteiger partial charge in [-0.2, -0.15) is 5.10 Å². The van der Waals surface area contributed by atoms with E-state index in [1.54, 1.807) is 41.1 Å². The molecule has 0 aliphatic carbocycles. The summed E-state index contributed by atoms with van der Waals surface area (Å²) in [5.41, 5.74) is 3.60. The number of rotatable bonds is 8. The summed E-state index contributed by atoms with van der Waals surface area (Å²) in [5, 5.41) is 7.04. The summed E-state index contributed by atoms with van der Waals surface area (Å²) in [6.45, 7) is 3.53. The molecular weight excluding hydrogens is 394 g/mol. The number of amides is 1. The van der Waals surface area contributed by atoms with Crippen LogP contribution in [0.2, 0.25) is 0 Å². The second-order valence-electron chi connectivity index (χ2n) is 6.98. The van der Waals surface area contributed by atoms with Gasteiger partial charge in [0, 0.05) is 18.4 Å². The molecule has 0 bridgehead atoms. The lowest BCUT2D eigenvalue weighted by Gasteiger charge is -2.11. The summed E-state index contributed by atoms with van der Waals surface area (Å²) in [6.07, 6.45) is 3.22. The number of para-hydroxylation sites is 1. The van der Waals surface area contributed by atoms with Gasteiger partial charge in [0.25, 0.3) is 5.91 Å². The van der Waals surface area contributed by atoms with Crippen LogP contribution in [-0.2, 0) is 11.8 Å². The molecule has 0 saturated heterocycles. The van der Waals surface area contributed by atoms with E-state index < -0.39 is 0 Å². The Hall–Kier alpha value is -3.87. The minimum absolute atomic E-state index is 0.111. The third kappa shape index (κ3) is 5.39. The van der Waals surface area contributed by atoms with Gasteiger partial charge in [0.15, 0.2) is 23.9 Å². The van der Waals surface area contributed by atoms with Crippen LogP contribution in [0.4, 0.5) is 5.69 Å². The molecule has 1 N–H and O–H groups in total. The first-order valence-corrected chi connectivity index (χ1v) is 9.77. The molecule has 3 aromatic rings. The minimum Gasteiger partial charge on any atom is -0.493 e. The van der Waals surface area contributed by atoms with Crippen LogP contribution in [0.5, 0.6) is 11.5 Å². The van der Waals surface area contributed by atoms with Crippen LogP contribution in [0.25, 0.3) is 6.08 Å². The van der Waals surface area contributed by atoms with Crippen molar-refractivity contribution in [2.75, 3.05) is 19.0 Å². The van der Waals surface area contributed by atoms with Gasteiger partial charge in [0.2, 0.25) is 0 Å². The molecule has 31 heavy (non-hydrogen) atoms. The fourth-order valence-corrected chi connectivity index (χ4v) is 3.15. The van der Waals surface area contributed by atoms with Crippen LogP contribution in [0.15, 0.2) is 54.6 Å². The Balaban J connectivity index is 1.66. The third-order valence-electron chi connectivity index (χ3n) is 4.79. The maximum absolute atomic E-state index is 12.6. The van der Waals surface area contributed by atoms with Crippen molar-refractivity contribution < 1.29 is 19.1 Å². The zero-order valence-corrected chi connectivity index (χ0v) is 18.0. The molecule has 7 nitrogen and oxygen atoms in total. The quantitative estimate of drug-likeness (QED) is 0.441. The average molecular weight is 419 g/mol. The Morgan fingerprint density at radius 1 is 1.10 bits per heavy atom. The fourth-order valence-electron chi connectivity index (χ4n) is 3.15. The van der Waals surface area contributed by atoms with Crippen LogP contribution in [-0.4, -0.2) is 35.2 Å². The Morgan fingerprint density at radius 3 is 2.48 bits per heavy atom. The zero-order valence-electron chi connectivity index (χ0n) is 18.0. The highest BCUT2D eigenvalue weighted by Gasteiger charge is 2.15. The number of aryl methyl sites for hydroxylation is 2. The first-order valence-electron chi connectivity index (χ1n) is 9.77. The number of ketones is 1. The highest BCUT2D eigenvalue weighted by Crippen LogP contribution is 2.28. The van der Waals surface area contributed by atoms with Crippen LogP contribution in [0.3, 0.4) is 0 Å². The summed E-state index contributed by atoms with van der Waals surface area (Å²) < 4.78 is 12.7. The molecular formula is C24H25N3O4. The summed E-state index contributed by atoms with van der Waals surface area (Å²) >= 11 is 0. The lowest BCUT2D eigenvalue weighted by atomic mass is 10.1. The number of nitrogens with zero attached hydrogens (tertiary/aromatic N) is 2. The van der Waals surface area contributed by atoms with Gasteiger partial charge in [-0.05, 0) is 49.8 Å². The van der Waals surface area contributed by atoms with E-state index in [9.17, 15) is 9.59 Å². The molecule has 1 heterocycles. The van der Waals surface area contributed by atoms with E-state index in [-0.39, 0.29) is 18.3 Å². The predicted octanol–water partition coefficient (Wildman–Crippen LogP) is 3.96. The summed E-state index contributed by atoms with van der Waals surface area (Å²) in [7, 11) is 3.33. The number of ether oxygens (including phenoxy) is 2. The maximum atomic E-state index is 12.6. The molecule has 0 radical (unpaired) electrons. The number of carbonyl (C=O) groups excluding carboxylic acids is 2. The standard InChI is InChI=1S/C24H25N3O4/c1-16-24(17(2)27(3)26-16)20(28)12-10-18-11-13-21(22(14-18)30-4)31-15-23(29)25-19-8-6-5-7-9-19/h5-14H,15H2,1-4H3,(H,25,29)/b12-10+. The van der Waals surface area contributed by atoms with Crippen LogP contribution in [0, 0.1) is 13.8 Å². The van der Waals surface area contributed by atoms with Gasteiger partial charge in [0.05, 0.1) is 18.4 Å². The summed E-state index contributed by atoms with van der Waals surface area (Å²) in [6, 6.07) is 14.4. The number of hydrogen-bond donors (Lipinski definition) is 1. The van der Waals surface area contributed by atoms with Gasteiger partial charge in [-0.15, -0.1) is 0 Å². The Labute approximate surface area is 181 Å². The smallest absolute Gasteiger partial charge is 0.262 e. The van der Waals surface area contributed by atoms with Crippen molar-refractivity contribution >= 4 is 23.5 Å². The third-order valence-corrected chi connectivity index (χ3v) is 4.79. The van der Waals surface area contributed by atoms with E-state index in [1.807, 2.05) is 39.1 Å². The number of carbonyl (C=O) groups is 2. The van der Waals surface area contributed by atoms with Crippen molar-refractivity contribution in [1.29, 1.82) is 0 Å². The number of aromatic nitrogens is 2. The number of anilines is 1. The van der Waals surface area contributed by atoms with E-state index in [4.69, 9.17) is 9.47 Å². The van der Waals surface area contributed by atoms with Crippen molar-refractivity contribution in [3.05, 3.63) is 77.1 Å². The van der Waals surface area contributed by atoms with Crippen LogP contribution < -0.4 is 14.8 Å². The zero-order chi connectivity index (χ0) is 22.4. The van der Waals surface area contributed by atoms with Crippen molar-refractivity contribution in [2.24, 2.45) is 7.05 Å². The number of methoxy groups -OCH3 is 1. The topological polar surface area (TPSA) is 82.4 Å². The van der Waals surface area contributed by atoms with E-state index in [2.05, 4.69) is 10.4 Å². The van der Waals surface area contributed by atoms with E-state index in [0.717, 1.165) is 11.3 Å². The van der Waals surface area contributed by atoms with Gasteiger partial charge in [-0.1, -0.05) is 30.3 Å². The first-order chi connectivity index (χ1) is 14.9. The summed E-state index contributed by atoms with van der Waals surface area (Å²) in [4.78, 5) is 24.7. The Morgan fingerprint density at radius 2 is 1.84 bits per heavy atom. The van der Waals surface area contributed by atoms with Gasteiger partial charge < -0.3 is 14.8 Å². The molecule has 0 spiro atoms. The molecule has 2 aromatic carbocycles. The molecule has 1 aromatic heterocycles. The molecule has 0 fully saturated rings. The molecule has 3 rings (SSSR count). The molecule has 0 saturated carbocycles. The van der Waals surface area contributed by atoms with E-state index >= 15 is 0 Å². The SMILES string of the molecule is COc1cc(/C=C/C(=O)c2c(C)nn(C)c2C)ccc1OCC(=O)Nc1ccccc1. The molecule has 0 aliphatic heterocycles. The van der Waals surface area contributed by atoms with Crippen molar-refractivity contribution in [3.8, 4) is 11.5 Å². The lowest BCUT2D eigenvalue weighted by Crippen LogP contribution is -2.20. The molecule has 0 unspecified atom stereocenters. The van der Waals surface area contributed by atoms with Gasteiger partial charge in [-0.3, -0.25) is 14.3 Å². The van der Waals surface area contributed by atoms with E-state index in [1.165, 1.54) is 13.2 Å². The van der Waals surface area contributed by atoms with Crippen LogP contribution in [0.1, 0.15) is 27.3 Å². The summed E-state index contributed by atoms with van der Waals surface area (Å²) in [5.74, 6) is 0.522. The number of benzene rings is 2. The number of nitrogens with one attached hydrogen (secondary N) is 1. The van der Waals surface area contributed by atoms with Gasteiger partial charge in [-0.25, -0.2) is 0 Å². The second-order valence-corrected chi connectivity index (χ2v) is 6.98. The van der Waals surface area contributed by atoms with Crippen molar-refractivity contribution in [3.63, 3.8) is 0 Å². The highest BCUT2D eigenvalue weighted by atomic mass is 16.5. The molecule has 0 atom stereocenters. The van der Waals surface area contributed by atoms with Crippen molar-refractivity contribution in [2.45, 2.75) is 13.8 Å². The second kappa shape index (κ2) is 9.75. The first kappa shape index (κ1) is 21.8. The fraction of sp³-hybridized carbons (Fsp3) is 0.208. The highest BCUT2D eigenvalue weighted by molar-refractivity contribution is 6.08. The van der Waals surface area contributed by atoms with Gasteiger partial charge in [0.1, 0.15) is 0 Å². The molecule has 1 amide bonds. The van der Waals surface area contributed by atoms with Crippen molar-refractivity contribution in [1.82, 2.24) is 9.78 Å². The normalized spacial score (nSPS) is 10.8. The molecule has 7 heteroatoms. The Kier molecular flexibility index (Phi) is 6.87. The largest absolute Gasteiger partial charge is 0.493 e. The van der Waals surface area contributed by atoms with Gasteiger partial charge >= 0.3 is 0 Å². The number of allylic oxidation sites excluding steroid dienone is 1.